The number of hydrogen-bond acceptors (Lipinski definition) is 5. The van der Waals surface area contributed by atoms with Crippen LogP contribution in [0.1, 0.15) is 39.2 Å². The third-order valence-corrected chi connectivity index (χ3v) is 6.94. The van der Waals surface area contributed by atoms with E-state index in [1.165, 1.54) is 28.4 Å². The molecule has 0 unspecified atom stereocenters. The first-order valence-corrected chi connectivity index (χ1v) is 12.3. The molecule has 36 heavy (non-hydrogen) atoms. The van der Waals surface area contributed by atoms with Crippen LogP contribution in [0, 0.1) is 0 Å². The van der Waals surface area contributed by atoms with Gasteiger partial charge >= 0.3 is 6.18 Å². The van der Waals surface area contributed by atoms with E-state index < -0.39 is 17.6 Å². The highest BCUT2D eigenvalue weighted by atomic mass is 32.1. The molecule has 10 heteroatoms. The Labute approximate surface area is 209 Å². The van der Waals surface area contributed by atoms with Crippen LogP contribution in [0.2, 0.25) is 0 Å². The van der Waals surface area contributed by atoms with Gasteiger partial charge in [-0.3, -0.25) is 9.59 Å². The molecular formula is C26H23F3N2O4S. The molecule has 2 aromatic carbocycles. The molecule has 2 aliphatic rings. The summed E-state index contributed by atoms with van der Waals surface area (Å²) in [6.07, 6.45) is -3.13. The molecule has 0 bridgehead atoms. The van der Waals surface area contributed by atoms with Gasteiger partial charge in [0, 0.05) is 23.0 Å². The van der Waals surface area contributed by atoms with E-state index in [1.54, 1.807) is 11.0 Å². The van der Waals surface area contributed by atoms with Gasteiger partial charge in [0.2, 0.25) is 12.7 Å². The zero-order valence-corrected chi connectivity index (χ0v) is 20.0. The molecule has 0 saturated heterocycles. The highest BCUT2D eigenvalue weighted by molar-refractivity contribution is 7.09. The second kappa shape index (κ2) is 9.85. The molecule has 0 radical (unpaired) electrons. The maximum Gasteiger partial charge on any atom is 0.416 e. The van der Waals surface area contributed by atoms with E-state index in [2.05, 4.69) is 0 Å². The number of nitrogens with zero attached hydrogens (tertiary/aromatic N) is 2. The van der Waals surface area contributed by atoms with E-state index in [-0.39, 0.29) is 37.4 Å². The van der Waals surface area contributed by atoms with Crippen molar-refractivity contribution < 1.29 is 32.2 Å². The number of fused-ring (bicyclic) bond motifs is 1. The number of alkyl halides is 3. The lowest BCUT2D eigenvalue weighted by atomic mass is 10.1. The first-order chi connectivity index (χ1) is 17.3. The van der Waals surface area contributed by atoms with Crippen LogP contribution in [0.5, 0.6) is 11.5 Å². The average molecular weight is 517 g/mol. The standard InChI is InChI=1S/C26H23F3N2O4S/c27-26(28,29)19-4-1-3-18(12-19)25(33)31(20-7-8-20)15-24(32)30(14-21-5-2-10-36-21)13-17-6-9-22-23(11-17)35-16-34-22/h1-6,9-12,20H,7-8,13-16H2. The fourth-order valence-electron chi connectivity index (χ4n) is 4.08. The molecule has 1 aromatic heterocycles. The summed E-state index contributed by atoms with van der Waals surface area (Å²) in [6.45, 7) is 0.561. The lowest BCUT2D eigenvalue weighted by Crippen LogP contribution is -2.43. The number of amides is 2. The van der Waals surface area contributed by atoms with Gasteiger partial charge in [0.15, 0.2) is 11.5 Å². The van der Waals surface area contributed by atoms with Crippen LogP contribution in [-0.4, -0.2) is 41.0 Å². The molecule has 6 nitrogen and oxygen atoms in total. The van der Waals surface area contributed by atoms with Gasteiger partial charge in [-0.05, 0) is 60.2 Å². The Morgan fingerprint density at radius 3 is 2.50 bits per heavy atom. The minimum atomic E-state index is -4.56. The first-order valence-electron chi connectivity index (χ1n) is 11.4. The zero-order chi connectivity index (χ0) is 25.3. The Kier molecular flexibility index (Phi) is 6.61. The third-order valence-electron chi connectivity index (χ3n) is 6.08. The molecule has 3 aromatic rings. The highest BCUT2D eigenvalue weighted by Crippen LogP contribution is 2.34. The van der Waals surface area contributed by atoms with Gasteiger partial charge in [0.05, 0.1) is 12.1 Å². The van der Waals surface area contributed by atoms with Gasteiger partial charge in [0.25, 0.3) is 5.91 Å². The van der Waals surface area contributed by atoms with Gasteiger partial charge in [-0.15, -0.1) is 11.3 Å². The minimum absolute atomic E-state index is 0.0786. The lowest BCUT2D eigenvalue weighted by molar-refractivity contribution is -0.137. The van der Waals surface area contributed by atoms with Crippen molar-refractivity contribution in [2.75, 3.05) is 13.3 Å². The summed E-state index contributed by atoms with van der Waals surface area (Å²) in [7, 11) is 0. The SMILES string of the molecule is O=C(CN(C(=O)c1cccc(C(F)(F)F)c1)C1CC1)N(Cc1ccc2c(c1)OCO2)Cc1cccs1. The molecular weight excluding hydrogens is 493 g/mol. The predicted octanol–water partition coefficient (Wildman–Crippen LogP) is 5.33. The smallest absolute Gasteiger partial charge is 0.416 e. The summed E-state index contributed by atoms with van der Waals surface area (Å²) in [5.41, 5.74) is -0.131. The molecule has 1 aliphatic carbocycles. The summed E-state index contributed by atoms with van der Waals surface area (Å²) in [4.78, 5) is 30.8. The van der Waals surface area contributed by atoms with Gasteiger partial charge in [-0.25, -0.2) is 0 Å². The topological polar surface area (TPSA) is 59.1 Å². The van der Waals surface area contributed by atoms with Crippen molar-refractivity contribution in [2.24, 2.45) is 0 Å². The second-order valence-electron chi connectivity index (χ2n) is 8.76. The Morgan fingerprint density at radius 1 is 0.972 bits per heavy atom. The van der Waals surface area contributed by atoms with Crippen molar-refractivity contribution in [3.63, 3.8) is 0 Å². The number of thiophene rings is 1. The number of rotatable bonds is 8. The Bertz CT molecular complexity index is 1260. The minimum Gasteiger partial charge on any atom is -0.454 e. The van der Waals surface area contributed by atoms with Crippen molar-refractivity contribution in [3.8, 4) is 11.5 Å². The van der Waals surface area contributed by atoms with Crippen molar-refractivity contribution in [1.29, 1.82) is 0 Å². The predicted molar refractivity (Wildman–Crippen MR) is 127 cm³/mol. The quantitative estimate of drug-likeness (QED) is 0.406. The van der Waals surface area contributed by atoms with Gasteiger partial charge < -0.3 is 19.3 Å². The van der Waals surface area contributed by atoms with Gasteiger partial charge in [-0.1, -0.05) is 18.2 Å². The second-order valence-corrected chi connectivity index (χ2v) is 9.79. The Morgan fingerprint density at radius 2 is 1.78 bits per heavy atom. The number of hydrogen-bond donors (Lipinski definition) is 0. The van der Waals surface area contributed by atoms with Crippen LogP contribution < -0.4 is 9.47 Å². The largest absolute Gasteiger partial charge is 0.454 e. The van der Waals surface area contributed by atoms with Crippen LogP contribution in [0.15, 0.2) is 60.0 Å². The number of halogens is 3. The Hall–Kier alpha value is -3.53. The molecule has 0 spiro atoms. The van der Waals surface area contributed by atoms with E-state index in [4.69, 9.17) is 9.47 Å². The van der Waals surface area contributed by atoms with Crippen molar-refractivity contribution in [2.45, 2.75) is 38.1 Å². The fraction of sp³-hybridized carbons (Fsp3) is 0.308. The molecule has 188 valence electrons. The van der Waals surface area contributed by atoms with E-state index >= 15 is 0 Å². The lowest BCUT2D eigenvalue weighted by Gasteiger charge is -2.28. The molecule has 1 fully saturated rings. The van der Waals surface area contributed by atoms with Crippen LogP contribution in [-0.2, 0) is 24.1 Å². The molecule has 1 saturated carbocycles. The third kappa shape index (κ3) is 5.48. The molecule has 0 N–H and O–H groups in total. The average Bonchev–Trinajstić information content (AvgIpc) is 3.36. The van der Waals surface area contributed by atoms with Crippen molar-refractivity contribution in [1.82, 2.24) is 9.80 Å². The molecule has 1 aliphatic heterocycles. The number of carbonyl (C=O) groups is 2. The normalized spacial score (nSPS) is 14.5. The molecule has 2 amide bonds. The number of ether oxygens (including phenoxy) is 2. The zero-order valence-electron chi connectivity index (χ0n) is 19.2. The summed E-state index contributed by atoms with van der Waals surface area (Å²) >= 11 is 1.52. The maximum atomic E-state index is 13.5. The highest BCUT2D eigenvalue weighted by Gasteiger charge is 2.37. The number of carbonyl (C=O) groups excluding carboxylic acids is 2. The number of benzene rings is 2. The van der Waals surface area contributed by atoms with Crippen molar-refractivity contribution >= 4 is 23.2 Å². The van der Waals surface area contributed by atoms with E-state index in [0.717, 1.165) is 22.6 Å². The van der Waals surface area contributed by atoms with E-state index in [9.17, 15) is 22.8 Å². The molecule has 5 rings (SSSR count). The maximum absolute atomic E-state index is 13.5. The van der Waals surface area contributed by atoms with Crippen LogP contribution in [0.25, 0.3) is 0 Å². The van der Waals surface area contributed by atoms with Crippen LogP contribution in [0.4, 0.5) is 13.2 Å². The molecule has 0 atom stereocenters. The van der Waals surface area contributed by atoms with Gasteiger partial charge in [-0.2, -0.15) is 13.2 Å². The fourth-order valence-corrected chi connectivity index (χ4v) is 4.80. The van der Waals surface area contributed by atoms with Gasteiger partial charge in [0.1, 0.15) is 6.54 Å². The summed E-state index contributed by atoms with van der Waals surface area (Å²) in [5, 5.41) is 1.92. The summed E-state index contributed by atoms with van der Waals surface area (Å²) < 4.78 is 50.4. The monoisotopic (exact) mass is 516 g/mol. The summed E-state index contributed by atoms with van der Waals surface area (Å²) in [5.74, 6) is 0.390. The van der Waals surface area contributed by atoms with Crippen LogP contribution in [0.3, 0.4) is 0 Å². The first kappa shape index (κ1) is 24.2. The summed E-state index contributed by atoms with van der Waals surface area (Å²) in [6, 6.07) is 13.5. The van der Waals surface area contributed by atoms with Crippen molar-refractivity contribution in [3.05, 3.63) is 81.5 Å². The molecule has 2 heterocycles. The van der Waals surface area contributed by atoms with Crippen LogP contribution >= 0.6 is 11.3 Å². The Balaban J connectivity index is 1.36. The van der Waals surface area contributed by atoms with E-state index in [1.807, 2.05) is 29.6 Å². The van der Waals surface area contributed by atoms with E-state index in [0.29, 0.717) is 30.9 Å².